The minimum Gasteiger partial charge on any atom is -0.462 e. The average Bonchev–Trinajstić information content (AvgIpc) is 1.01. The van der Waals surface area contributed by atoms with Crippen molar-refractivity contribution in [2.24, 2.45) is 0 Å². The number of phosphoric acid groups is 2. The van der Waals surface area contributed by atoms with Gasteiger partial charge in [-0.1, -0.05) is 268 Å². The molecule has 5 atom stereocenters. The summed E-state index contributed by atoms with van der Waals surface area (Å²) in [4.78, 5) is 73.0. The van der Waals surface area contributed by atoms with Gasteiger partial charge in [0.25, 0.3) is 0 Å². The molecule has 0 saturated heterocycles. The Morgan fingerprint density at radius 1 is 0.280 bits per heavy atom. The molecule has 100 heavy (non-hydrogen) atoms. The normalized spacial score (nSPS) is 14.3. The Morgan fingerprint density at radius 3 is 0.780 bits per heavy atom. The average molecular weight is 1450 g/mol. The van der Waals surface area contributed by atoms with Crippen molar-refractivity contribution < 1.29 is 80.2 Å². The van der Waals surface area contributed by atoms with Crippen LogP contribution < -0.4 is 0 Å². The number of allylic oxidation sites excluding steroid dienone is 12. The predicted octanol–water partition coefficient (Wildman–Crippen LogP) is 23.2. The third-order valence-electron chi connectivity index (χ3n) is 17.1. The molecular formula is C81H146O17P2. The molecule has 0 heterocycles. The minimum atomic E-state index is -4.98. The van der Waals surface area contributed by atoms with Crippen LogP contribution in [0.4, 0.5) is 0 Å². The van der Waals surface area contributed by atoms with Crippen molar-refractivity contribution in [1.82, 2.24) is 0 Å². The molecule has 0 fully saturated rings. The van der Waals surface area contributed by atoms with Gasteiger partial charge >= 0.3 is 39.5 Å². The summed E-state index contributed by atoms with van der Waals surface area (Å²) in [5.74, 6) is -2.19. The Labute approximate surface area is 609 Å². The molecular weight excluding hydrogens is 1310 g/mol. The fourth-order valence-electron chi connectivity index (χ4n) is 10.9. The lowest BCUT2D eigenvalue weighted by Gasteiger charge is -2.21. The van der Waals surface area contributed by atoms with Crippen LogP contribution in [0.25, 0.3) is 0 Å². The van der Waals surface area contributed by atoms with Crippen molar-refractivity contribution in [2.45, 2.75) is 380 Å². The van der Waals surface area contributed by atoms with E-state index in [0.717, 1.165) is 167 Å². The van der Waals surface area contributed by atoms with E-state index in [2.05, 4.69) is 101 Å². The van der Waals surface area contributed by atoms with Gasteiger partial charge in [-0.2, -0.15) is 0 Å². The highest BCUT2D eigenvalue weighted by molar-refractivity contribution is 7.47. The molecule has 0 aliphatic carbocycles. The fraction of sp³-hybridized carbons (Fsp3) is 0.802. The zero-order valence-electron chi connectivity index (χ0n) is 63.6. The Hall–Kier alpha value is -3.50. The first-order valence-electron chi connectivity index (χ1n) is 40.2. The van der Waals surface area contributed by atoms with Crippen molar-refractivity contribution in [1.29, 1.82) is 0 Å². The monoisotopic (exact) mass is 1450 g/mol. The standard InChI is InChI=1S/C81H146O17P2/c1-5-9-13-17-21-25-29-33-37-41-45-49-53-57-61-65-78(83)91-71-76(97-80(85)67-63-59-55-51-47-43-39-35-31-27-23-19-15-11-7-3)73-95-99(87,88)93-69-75(82)70-94-100(89,90)96-74-77(98-81(86)68-64-60-56-52-48-44-40-36-32-28-24-20-16-12-8-4)72-92-79(84)66-62-58-54-50-46-42-38-34-30-26-22-18-14-10-6-2/h21,23,25-27,30,33,35-37,39-40,75-77,82H,5-20,22,24,28-29,31-32,34,38,41-74H2,1-4H3,(H,87,88)(H,89,90). The number of phosphoric ester groups is 2. The maximum absolute atomic E-state index is 13.1. The zero-order chi connectivity index (χ0) is 73.2. The molecule has 0 aromatic heterocycles. The molecule has 5 unspecified atom stereocenters. The van der Waals surface area contributed by atoms with Gasteiger partial charge in [0.2, 0.25) is 0 Å². The van der Waals surface area contributed by atoms with Crippen LogP contribution in [0.15, 0.2) is 72.9 Å². The van der Waals surface area contributed by atoms with Crippen LogP contribution in [-0.4, -0.2) is 96.7 Å². The Morgan fingerprint density at radius 2 is 0.490 bits per heavy atom. The van der Waals surface area contributed by atoms with Crippen LogP contribution in [0.1, 0.15) is 362 Å². The van der Waals surface area contributed by atoms with Gasteiger partial charge in [0.1, 0.15) is 19.3 Å². The number of aliphatic hydroxyl groups excluding tert-OH is 1. The number of hydrogen-bond donors (Lipinski definition) is 3. The number of hydrogen-bond acceptors (Lipinski definition) is 15. The lowest BCUT2D eigenvalue weighted by atomic mass is 10.1. The zero-order valence-corrected chi connectivity index (χ0v) is 65.4. The van der Waals surface area contributed by atoms with Crippen molar-refractivity contribution in [2.75, 3.05) is 39.6 Å². The number of carbonyl (C=O) groups excluding carboxylic acids is 4. The molecule has 3 N–H and O–H groups in total. The largest absolute Gasteiger partial charge is 0.472 e. The summed E-state index contributed by atoms with van der Waals surface area (Å²) in [6.45, 7) is 4.82. The fourth-order valence-corrected chi connectivity index (χ4v) is 12.5. The molecule has 0 aromatic rings. The van der Waals surface area contributed by atoms with Crippen molar-refractivity contribution in [3.63, 3.8) is 0 Å². The molecule has 0 aromatic carbocycles. The Balaban J connectivity index is 5.36. The first-order chi connectivity index (χ1) is 48.7. The van der Waals surface area contributed by atoms with Gasteiger partial charge in [0.15, 0.2) is 12.2 Å². The van der Waals surface area contributed by atoms with Crippen LogP contribution >= 0.6 is 15.6 Å². The topological polar surface area (TPSA) is 237 Å². The number of aliphatic hydroxyl groups is 1. The molecule has 0 radical (unpaired) electrons. The lowest BCUT2D eigenvalue weighted by Crippen LogP contribution is -2.30. The van der Waals surface area contributed by atoms with E-state index >= 15 is 0 Å². The summed E-state index contributed by atoms with van der Waals surface area (Å²) >= 11 is 0. The van der Waals surface area contributed by atoms with Crippen molar-refractivity contribution in [3.8, 4) is 0 Å². The molecule has 0 spiro atoms. The lowest BCUT2D eigenvalue weighted by molar-refractivity contribution is -0.161. The maximum atomic E-state index is 13.1. The third kappa shape index (κ3) is 72.8. The second-order valence-corrected chi connectivity index (χ2v) is 29.9. The van der Waals surface area contributed by atoms with E-state index in [1.54, 1.807) is 0 Å². The first kappa shape index (κ1) is 96.5. The molecule has 0 bridgehead atoms. The van der Waals surface area contributed by atoms with Gasteiger partial charge in [0, 0.05) is 25.7 Å². The minimum absolute atomic E-state index is 0.0780. The van der Waals surface area contributed by atoms with Gasteiger partial charge in [-0.25, -0.2) is 9.13 Å². The summed E-state index contributed by atoms with van der Waals surface area (Å²) in [6.07, 6.45) is 74.4. The molecule has 0 aliphatic heterocycles. The number of ether oxygens (including phenoxy) is 4. The molecule has 0 saturated carbocycles. The summed E-state index contributed by atoms with van der Waals surface area (Å²) in [6, 6.07) is 0. The molecule has 0 aliphatic rings. The van der Waals surface area contributed by atoms with E-state index < -0.39 is 97.5 Å². The van der Waals surface area contributed by atoms with E-state index in [4.69, 9.17) is 37.0 Å². The highest BCUT2D eigenvalue weighted by Crippen LogP contribution is 2.45. The van der Waals surface area contributed by atoms with Crippen LogP contribution in [0.5, 0.6) is 0 Å². The molecule has 582 valence electrons. The van der Waals surface area contributed by atoms with Crippen LogP contribution in [0.2, 0.25) is 0 Å². The highest BCUT2D eigenvalue weighted by Gasteiger charge is 2.30. The number of unbranched alkanes of at least 4 members (excludes halogenated alkanes) is 38. The van der Waals surface area contributed by atoms with E-state index in [1.807, 2.05) is 0 Å². The molecule has 17 nitrogen and oxygen atoms in total. The van der Waals surface area contributed by atoms with Crippen LogP contribution in [0, 0.1) is 0 Å². The van der Waals surface area contributed by atoms with E-state index in [1.165, 1.54) is 116 Å². The van der Waals surface area contributed by atoms with Crippen molar-refractivity contribution >= 4 is 39.5 Å². The summed E-state index contributed by atoms with van der Waals surface area (Å²) < 4.78 is 68.6. The van der Waals surface area contributed by atoms with Gasteiger partial charge in [-0.15, -0.1) is 0 Å². The third-order valence-corrected chi connectivity index (χ3v) is 19.0. The smallest absolute Gasteiger partial charge is 0.462 e. The van der Waals surface area contributed by atoms with E-state index in [0.29, 0.717) is 25.7 Å². The Kier molecular flexibility index (Phi) is 71.2. The summed E-state index contributed by atoms with van der Waals surface area (Å²) in [5, 5.41) is 10.6. The summed E-state index contributed by atoms with van der Waals surface area (Å²) in [7, 11) is -9.95. The predicted molar refractivity (Wildman–Crippen MR) is 409 cm³/mol. The second kappa shape index (κ2) is 73.8. The van der Waals surface area contributed by atoms with Gasteiger partial charge < -0.3 is 33.8 Å². The van der Waals surface area contributed by atoms with Gasteiger partial charge in [-0.3, -0.25) is 37.3 Å². The van der Waals surface area contributed by atoms with Crippen LogP contribution in [0.3, 0.4) is 0 Å². The molecule has 19 heteroatoms. The second-order valence-electron chi connectivity index (χ2n) is 27.0. The highest BCUT2D eigenvalue weighted by atomic mass is 31.2. The molecule has 0 rings (SSSR count). The quantitative estimate of drug-likeness (QED) is 0.0169. The van der Waals surface area contributed by atoms with Gasteiger partial charge in [-0.05, 0) is 141 Å². The maximum Gasteiger partial charge on any atom is 0.472 e. The van der Waals surface area contributed by atoms with E-state index in [9.17, 15) is 43.2 Å². The van der Waals surface area contributed by atoms with E-state index in [-0.39, 0.29) is 25.7 Å². The number of carbonyl (C=O) groups is 4. The van der Waals surface area contributed by atoms with Gasteiger partial charge in [0.05, 0.1) is 26.4 Å². The summed E-state index contributed by atoms with van der Waals surface area (Å²) in [5.41, 5.74) is 0. The van der Waals surface area contributed by atoms with Crippen molar-refractivity contribution in [3.05, 3.63) is 72.9 Å². The number of esters is 4. The van der Waals surface area contributed by atoms with Crippen LogP contribution in [-0.2, 0) is 65.4 Å². The first-order valence-corrected chi connectivity index (χ1v) is 43.2. The number of rotatable bonds is 76. The SMILES string of the molecule is CCCCCC=CCC=CCCCCCCCC(=O)OCC(COP(=O)(O)OCC(O)COP(=O)(O)OCC(COC(=O)CCCCCCCCCC=CCCCCCC)OC(=O)CCCCCCCC=CCCCCCCCC)OC(=O)CCCCCCCC=CCC=CCCCCC. The Bertz CT molecular complexity index is 2180. The molecule has 0 amide bonds.